The van der Waals surface area contributed by atoms with Gasteiger partial charge < -0.3 is 15.4 Å². The van der Waals surface area contributed by atoms with Gasteiger partial charge in [0.1, 0.15) is 12.4 Å². The molecule has 2 aromatic carbocycles. The van der Waals surface area contributed by atoms with Gasteiger partial charge in [0.05, 0.1) is 12.2 Å². The van der Waals surface area contributed by atoms with Gasteiger partial charge in [-0.3, -0.25) is 0 Å². The fourth-order valence-electron chi connectivity index (χ4n) is 2.86. The highest BCUT2D eigenvalue weighted by atomic mass is 79.9. The van der Waals surface area contributed by atoms with Crippen LogP contribution in [0.25, 0.3) is 0 Å². The summed E-state index contributed by atoms with van der Waals surface area (Å²) in [4.78, 5) is 11.9. The number of carbonyl (C=O) groups is 1. The zero-order valence-electron chi connectivity index (χ0n) is 13.7. The SMILES string of the molecule is Cc1ccc(NC(=O)NCCOc2ccc3c(c2)CCC3)c(Br)c1. The van der Waals surface area contributed by atoms with Gasteiger partial charge in [-0.25, -0.2) is 4.79 Å². The molecule has 2 N–H and O–H groups in total. The van der Waals surface area contributed by atoms with Crippen LogP contribution in [0, 0.1) is 6.92 Å². The Morgan fingerprint density at radius 2 is 2.00 bits per heavy atom. The van der Waals surface area contributed by atoms with Crippen molar-refractivity contribution < 1.29 is 9.53 Å². The summed E-state index contributed by atoms with van der Waals surface area (Å²) >= 11 is 3.45. The molecule has 24 heavy (non-hydrogen) atoms. The van der Waals surface area contributed by atoms with E-state index < -0.39 is 0 Å². The highest BCUT2D eigenvalue weighted by molar-refractivity contribution is 9.10. The molecular formula is C19H21BrN2O2. The molecule has 0 saturated carbocycles. The van der Waals surface area contributed by atoms with E-state index in [0.29, 0.717) is 13.2 Å². The van der Waals surface area contributed by atoms with Crippen molar-refractivity contribution in [3.63, 3.8) is 0 Å². The molecular weight excluding hydrogens is 368 g/mol. The van der Waals surface area contributed by atoms with Crippen molar-refractivity contribution in [1.29, 1.82) is 0 Å². The number of hydrogen-bond donors (Lipinski definition) is 2. The van der Waals surface area contributed by atoms with Crippen LogP contribution in [0.1, 0.15) is 23.1 Å². The molecule has 5 heteroatoms. The number of rotatable bonds is 5. The first-order valence-corrected chi connectivity index (χ1v) is 8.97. The molecule has 1 aliphatic carbocycles. The molecule has 3 rings (SSSR count). The van der Waals surface area contributed by atoms with E-state index in [2.05, 4.69) is 38.7 Å². The fourth-order valence-corrected chi connectivity index (χ4v) is 3.45. The number of urea groups is 1. The minimum Gasteiger partial charge on any atom is -0.492 e. The molecule has 0 radical (unpaired) electrons. The summed E-state index contributed by atoms with van der Waals surface area (Å²) in [5.74, 6) is 0.874. The first-order chi connectivity index (χ1) is 11.6. The number of halogens is 1. The average Bonchev–Trinajstić information content (AvgIpc) is 3.02. The predicted octanol–water partition coefficient (Wildman–Crippen LogP) is 4.45. The van der Waals surface area contributed by atoms with E-state index in [1.54, 1.807) is 0 Å². The first-order valence-electron chi connectivity index (χ1n) is 8.17. The van der Waals surface area contributed by atoms with Gasteiger partial charge >= 0.3 is 6.03 Å². The summed E-state index contributed by atoms with van der Waals surface area (Å²) in [6, 6.07) is 11.8. The second-order valence-electron chi connectivity index (χ2n) is 6.00. The summed E-state index contributed by atoms with van der Waals surface area (Å²) < 4.78 is 6.59. The Balaban J connectivity index is 1.42. The van der Waals surface area contributed by atoms with Crippen molar-refractivity contribution in [2.45, 2.75) is 26.2 Å². The Bertz CT molecular complexity index is 746. The zero-order valence-corrected chi connectivity index (χ0v) is 15.3. The Hall–Kier alpha value is -2.01. The highest BCUT2D eigenvalue weighted by Crippen LogP contribution is 2.26. The maximum Gasteiger partial charge on any atom is 0.319 e. The van der Waals surface area contributed by atoms with Crippen molar-refractivity contribution >= 4 is 27.6 Å². The molecule has 0 spiro atoms. The highest BCUT2D eigenvalue weighted by Gasteiger charge is 2.11. The molecule has 2 aromatic rings. The van der Waals surface area contributed by atoms with E-state index in [0.717, 1.165) is 27.9 Å². The Kier molecular flexibility index (Phi) is 5.41. The lowest BCUT2D eigenvalue weighted by Gasteiger charge is -2.11. The average molecular weight is 389 g/mol. The van der Waals surface area contributed by atoms with Crippen LogP contribution in [-0.4, -0.2) is 19.2 Å². The molecule has 0 heterocycles. The van der Waals surface area contributed by atoms with Gasteiger partial charge in [0.2, 0.25) is 0 Å². The van der Waals surface area contributed by atoms with Gasteiger partial charge in [-0.1, -0.05) is 12.1 Å². The summed E-state index contributed by atoms with van der Waals surface area (Å²) in [7, 11) is 0. The minimum atomic E-state index is -0.239. The van der Waals surface area contributed by atoms with Gasteiger partial charge in [0.25, 0.3) is 0 Å². The lowest BCUT2D eigenvalue weighted by molar-refractivity contribution is 0.247. The van der Waals surface area contributed by atoms with Crippen molar-refractivity contribution in [2.75, 3.05) is 18.5 Å². The van der Waals surface area contributed by atoms with Crippen LogP contribution in [0.5, 0.6) is 5.75 Å². The van der Waals surface area contributed by atoms with Gasteiger partial charge in [-0.05, 0) is 83.1 Å². The fraction of sp³-hybridized carbons (Fsp3) is 0.316. The standard InChI is InChI=1S/C19H21BrN2O2/c1-13-5-8-18(17(20)11-13)22-19(23)21-9-10-24-16-7-6-14-3-2-4-15(14)12-16/h5-8,11-12H,2-4,9-10H2,1H3,(H2,21,22,23). The topological polar surface area (TPSA) is 50.4 Å². The maximum absolute atomic E-state index is 11.9. The van der Waals surface area contributed by atoms with Crippen molar-refractivity contribution in [1.82, 2.24) is 5.32 Å². The molecule has 0 aliphatic heterocycles. The van der Waals surface area contributed by atoms with Gasteiger partial charge in [0, 0.05) is 4.47 Å². The number of nitrogens with one attached hydrogen (secondary N) is 2. The second kappa shape index (κ2) is 7.71. The van der Waals surface area contributed by atoms with Gasteiger partial charge in [-0.15, -0.1) is 0 Å². The van der Waals surface area contributed by atoms with Crippen LogP contribution >= 0.6 is 15.9 Å². The number of hydrogen-bond acceptors (Lipinski definition) is 2. The van der Waals surface area contributed by atoms with E-state index in [-0.39, 0.29) is 6.03 Å². The van der Waals surface area contributed by atoms with Crippen LogP contribution in [0.15, 0.2) is 40.9 Å². The number of anilines is 1. The predicted molar refractivity (Wildman–Crippen MR) is 99.9 cm³/mol. The molecule has 0 aromatic heterocycles. The number of benzene rings is 2. The Labute approximate surface area is 150 Å². The summed E-state index contributed by atoms with van der Waals surface area (Å²) in [6.07, 6.45) is 3.54. The van der Waals surface area contributed by atoms with E-state index in [9.17, 15) is 4.79 Å². The minimum absolute atomic E-state index is 0.239. The van der Waals surface area contributed by atoms with E-state index in [4.69, 9.17) is 4.74 Å². The van der Waals surface area contributed by atoms with Crippen molar-refractivity contribution in [3.05, 3.63) is 57.6 Å². The third kappa shape index (κ3) is 4.29. The normalized spacial score (nSPS) is 12.6. The third-order valence-electron chi connectivity index (χ3n) is 4.10. The molecule has 0 bridgehead atoms. The van der Waals surface area contributed by atoms with Crippen LogP contribution in [0.3, 0.4) is 0 Å². The van der Waals surface area contributed by atoms with Gasteiger partial charge in [-0.2, -0.15) is 0 Å². The zero-order chi connectivity index (χ0) is 16.9. The van der Waals surface area contributed by atoms with Crippen LogP contribution in [0.2, 0.25) is 0 Å². The molecule has 126 valence electrons. The number of fused-ring (bicyclic) bond motifs is 1. The maximum atomic E-state index is 11.9. The summed E-state index contributed by atoms with van der Waals surface area (Å²) in [6.45, 7) is 2.90. The molecule has 2 amide bonds. The van der Waals surface area contributed by atoms with Crippen LogP contribution in [-0.2, 0) is 12.8 Å². The lowest BCUT2D eigenvalue weighted by atomic mass is 10.1. The monoisotopic (exact) mass is 388 g/mol. The molecule has 1 aliphatic rings. The number of aryl methyl sites for hydroxylation is 3. The smallest absolute Gasteiger partial charge is 0.319 e. The summed E-state index contributed by atoms with van der Waals surface area (Å²) in [5, 5.41) is 5.62. The molecule has 0 unspecified atom stereocenters. The van der Waals surface area contributed by atoms with Crippen LogP contribution in [0.4, 0.5) is 10.5 Å². The van der Waals surface area contributed by atoms with E-state index in [1.807, 2.05) is 31.2 Å². The van der Waals surface area contributed by atoms with E-state index in [1.165, 1.54) is 24.0 Å². The number of carbonyl (C=O) groups excluding carboxylic acids is 1. The third-order valence-corrected chi connectivity index (χ3v) is 4.76. The largest absolute Gasteiger partial charge is 0.492 e. The number of amides is 2. The quantitative estimate of drug-likeness (QED) is 0.743. The van der Waals surface area contributed by atoms with Crippen molar-refractivity contribution in [3.8, 4) is 5.75 Å². The molecule has 4 nitrogen and oxygen atoms in total. The second-order valence-corrected chi connectivity index (χ2v) is 6.85. The molecule has 0 fully saturated rings. The van der Waals surface area contributed by atoms with Gasteiger partial charge in [0.15, 0.2) is 0 Å². The van der Waals surface area contributed by atoms with E-state index >= 15 is 0 Å². The summed E-state index contributed by atoms with van der Waals surface area (Å²) in [5.41, 5.74) is 4.71. The van der Waals surface area contributed by atoms with Crippen LogP contribution < -0.4 is 15.4 Å². The molecule has 0 saturated heterocycles. The number of ether oxygens (including phenoxy) is 1. The Morgan fingerprint density at radius 3 is 2.83 bits per heavy atom. The molecule has 0 atom stereocenters. The Morgan fingerprint density at radius 1 is 1.17 bits per heavy atom. The van der Waals surface area contributed by atoms with Crippen molar-refractivity contribution in [2.24, 2.45) is 0 Å². The first kappa shape index (κ1) is 16.8. The lowest BCUT2D eigenvalue weighted by Crippen LogP contribution is -2.32.